The van der Waals surface area contributed by atoms with Crippen molar-refractivity contribution in [3.63, 3.8) is 0 Å². The summed E-state index contributed by atoms with van der Waals surface area (Å²) in [4.78, 5) is 43.8. The minimum absolute atomic E-state index is 0.0925. The van der Waals surface area contributed by atoms with Crippen molar-refractivity contribution in [1.82, 2.24) is 25.1 Å². The molecular weight excluding hydrogens is 542 g/mol. The van der Waals surface area contributed by atoms with E-state index in [0.717, 1.165) is 4.90 Å². The van der Waals surface area contributed by atoms with E-state index in [1.54, 1.807) is 6.92 Å². The second kappa shape index (κ2) is 10.5. The second-order valence-corrected chi connectivity index (χ2v) is 8.73. The molecule has 1 aromatic rings. The smallest absolute Gasteiger partial charge is 0.461 e. The van der Waals surface area contributed by atoms with E-state index < -0.39 is 90.9 Å². The maximum absolute atomic E-state index is 13.8. The molecule has 0 radical (unpaired) electrons. The molecule has 0 spiro atoms. The number of hydrogen-bond donors (Lipinski definition) is 2. The van der Waals surface area contributed by atoms with Crippen LogP contribution in [0.5, 0.6) is 0 Å². The van der Waals surface area contributed by atoms with Crippen LogP contribution in [0.25, 0.3) is 0 Å². The SMILES string of the molecule is C[C@H]1CN(C[C@H](CC(=O)N2CCc3c(nc(C(F)(F)C(F)(F)F)nc3C(F)(F)F)C2)NC(=O)O)C(=O)CO1. The van der Waals surface area contributed by atoms with Gasteiger partial charge in [0.1, 0.15) is 6.61 Å². The topological polar surface area (TPSA) is 125 Å². The van der Waals surface area contributed by atoms with Crippen molar-refractivity contribution < 1.29 is 59.4 Å². The molecule has 18 heteroatoms. The van der Waals surface area contributed by atoms with Crippen LogP contribution in [0.4, 0.5) is 39.9 Å². The van der Waals surface area contributed by atoms with Crippen molar-refractivity contribution in [1.29, 1.82) is 0 Å². The normalized spacial score (nSPS) is 19.7. The standard InChI is InChI=1S/C20H21F8N5O5/c1-9-5-33(14(35)8-38-9)6-10(29-17(36)37)4-13(34)32-3-2-11-12(7-32)30-16(18(21,22)20(26,27)28)31-15(11)19(23,24)25/h9-10,29H,2-8H2,1H3,(H,36,37)/t9-,10-/m0/s1. The van der Waals surface area contributed by atoms with Crippen LogP contribution in [0.3, 0.4) is 0 Å². The van der Waals surface area contributed by atoms with Crippen LogP contribution in [-0.2, 0) is 39.4 Å². The van der Waals surface area contributed by atoms with Gasteiger partial charge in [-0.15, -0.1) is 0 Å². The van der Waals surface area contributed by atoms with Gasteiger partial charge in [0.2, 0.25) is 17.6 Å². The molecule has 2 aliphatic heterocycles. The quantitative estimate of drug-likeness (QED) is 0.509. The van der Waals surface area contributed by atoms with Gasteiger partial charge in [-0.3, -0.25) is 9.59 Å². The zero-order valence-corrected chi connectivity index (χ0v) is 19.5. The first-order valence-electron chi connectivity index (χ1n) is 11.0. The Kier molecular flexibility index (Phi) is 8.05. The number of fused-ring (bicyclic) bond motifs is 1. The number of rotatable bonds is 6. The van der Waals surface area contributed by atoms with Crippen LogP contribution in [0, 0.1) is 0 Å². The summed E-state index contributed by atoms with van der Waals surface area (Å²) in [7, 11) is 0. The molecule has 0 aromatic carbocycles. The van der Waals surface area contributed by atoms with Gasteiger partial charge in [0.05, 0.1) is 24.4 Å². The number of carbonyl (C=O) groups excluding carboxylic acids is 2. The van der Waals surface area contributed by atoms with Crippen LogP contribution in [0.2, 0.25) is 0 Å². The summed E-state index contributed by atoms with van der Waals surface area (Å²) < 4.78 is 112. The highest BCUT2D eigenvalue weighted by molar-refractivity contribution is 5.80. The van der Waals surface area contributed by atoms with Gasteiger partial charge in [0.15, 0.2) is 5.69 Å². The number of alkyl halides is 8. The van der Waals surface area contributed by atoms with Crippen LogP contribution >= 0.6 is 0 Å². The van der Waals surface area contributed by atoms with Crippen LogP contribution in [-0.4, -0.2) is 87.3 Å². The van der Waals surface area contributed by atoms with Gasteiger partial charge in [-0.1, -0.05) is 0 Å². The number of ether oxygens (including phenoxy) is 1. The van der Waals surface area contributed by atoms with E-state index in [0.29, 0.717) is 0 Å². The number of amides is 3. The number of aromatic nitrogens is 2. The summed E-state index contributed by atoms with van der Waals surface area (Å²) >= 11 is 0. The molecule has 1 aromatic heterocycles. The second-order valence-electron chi connectivity index (χ2n) is 8.73. The fourth-order valence-corrected chi connectivity index (χ4v) is 4.03. The molecule has 0 saturated carbocycles. The highest BCUT2D eigenvalue weighted by Gasteiger charge is 2.62. The number of carboxylic acid groups (broad SMARTS) is 1. The van der Waals surface area contributed by atoms with Crippen molar-refractivity contribution in [3.05, 3.63) is 22.8 Å². The van der Waals surface area contributed by atoms with Gasteiger partial charge in [-0.05, 0) is 13.3 Å². The number of nitrogens with one attached hydrogen (secondary N) is 1. The van der Waals surface area contributed by atoms with E-state index in [1.807, 2.05) is 0 Å². The molecule has 2 N–H and O–H groups in total. The maximum Gasteiger partial charge on any atom is 0.461 e. The van der Waals surface area contributed by atoms with Crippen molar-refractivity contribution in [2.24, 2.45) is 0 Å². The lowest BCUT2D eigenvalue weighted by atomic mass is 10.0. The van der Waals surface area contributed by atoms with E-state index >= 15 is 0 Å². The summed E-state index contributed by atoms with van der Waals surface area (Å²) in [5, 5.41) is 11.2. The molecule has 0 aliphatic carbocycles. The molecule has 3 amide bonds. The Hall–Kier alpha value is -3.31. The minimum atomic E-state index is -6.28. The molecule has 0 bridgehead atoms. The molecule has 2 aliphatic rings. The van der Waals surface area contributed by atoms with E-state index in [4.69, 9.17) is 9.84 Å². The summed E-state index contributed by atoms with van der Waals surface area (Å²) in [6.07, 6.45) is -14.8. The molecule has 1 fully saturated rings. The first kappa shape index (κ1) is 29.2. The highest BCUT2D eigenvalue weighted by Crippen LogP contribution is 2.44. The zero-order chi connectivity index (χ0) is 28.6. The molecule has 3 heterocycles. The van der Waals surface area contributed by atoms with Crippen LogP contribution < -0.4 is 5.32 Å². The zero-order valence-electron chi connectivity index (χ0n) is 19.5. The molecule has 0 unspecified atom stereocenters. The summed E-state index contributed by atoms with van der Waals surface area (Å²) in [5.74, 6) is -9.54. The highest BCUT2D eigenvalue weighted by atomic mass is 19.4. The fraction of sp³-hybridized carbons (Fsp3) is 0.650. The first-order valence-corrected chi connectivity index (χ1v) is 11.0. The van der Waals surface area contributed by atoms with E-state index in [9.17, 15) is 49.5 Å². The average Bonchev–Trinajstić information content (AvgIpc) is 2.78. The third-order valence-electron chi connectivity index (χ3n) is 5.83. The molecule has 10 nitrogen and oxygen atoms in total. The van der Waals surface area contributed by atoms with Crippen molar-refractivity contribution in [3.8, 4) is 0 Å². The summed E-state index contributed by atoms with van der Waals surface area (Å²) in [6.45, 7) is -0.0335. The molecule has 3 rings (SSSR count). The van der Waals surface area contributed by atoms with Gasteiger partial charge in [0.25, 0.3) is 0 Å². The third-order valence-corrected chi connectivity index (χ3v) is 5.83. The van der Waals surface area contributed by atoms with E-state index in [1.165, 1.54) is 4.90 Å². The van der Waals surface area contributed by atoms with Crippen molar-refractivity contribution in [2.45, 2.75) is 56.7 Å². The number of nitrogens with zero attached hydrogens (tertiary/aromatic N) is 4. The Morgan fingerprint density at radius 1 is 1.16 bits per heavy atom. The molecule has 2 atom stereocenters. The maximum atomic E-state index is 13.8. The van der Waals surface area contributed by atoms with Crippen LogP contribution in [0.15, 0.2) is 0 Å². The van der Waals surface area contributed by atoms with Gasteiger partial charge >= 0.3 is 24.4 Å². The number of hydrogen-bond acceptors (Lipinski definition) is 6. The number of carbonyl (C=O) groups is 3. The van der Waals surface area contributed by atoms with Gasteiger partial charge < -0.3 is 25.0 Å². The number of morpholine rings is 1. The average molecular weight is 563 g/mol. The number of halogens is 8. The summed E-state index contributed by atoms with van der Waals surface area (Å²) in [5.41, 5.74) is -3.53. The monoisotopic (exact) mass is 563 g/mol. The van der Waals surface area contributed by atoms with Crippen LogP contribution in [0.1, 0.15) is 36.1 Å². The lowest BCUT2D eigenvalue weighted by Gasteiger charge is -2.35. The lowest BCUT2D eigenvalue weighted by molar-refractivity contribution is -0.293. The molecule has 1 saturated heterocycles. The molecule has 212 valence electrons. The summed E-state index contributed by atoms with van der Waals surface area (Å²) in [6, 6.07) is -1.17. The Labute approximate surface area is 208 Å². The molecular formula is C20H21F8N5O5. The fourth-order valence-electron chi connectivity index (χ4n) is 4.03. The first-order chi connectivity index (χ1) is 17.4. The minimum Gasteiger partial charge on any atom is -0.465 e. The largest absolute Gasteiger partial charge is 0.465 e. The Morgan fingerprint density at radius 2 is 1.82 bits per heavy atom. The lowest BCUT2D eigenvalue weighted by Crippen LogP contribution is -2.53. The Morgan fingerprint density at radius 3 is 2.39 bits per heavy atom. The van der Waals surface area contributed by atoms with Gasteiger partial charge in [-0.2, -0.15) is 35.1 Å². The van der Waals surface area contributed by atoms with Crippen molar-refractivity contribution >= 4 is 17.9 Å². The Bertz CT molecular complexity index is 1100. The molecule has 38 heavy (non-hydrogen) atoms. The predicted molar refractivity (Wildman–Crippen MR) is 108 cm³/mol. The van der Waals surface area contributed by atoms with Gasteiger partial charge in [0, 0.05) is 31.6 Å². The Balaban J connectivity index is 1.85. The third kappa shape index (κ3) is 6.39. The predicted octanol–water partition coefficient (Wildman–Crippen LogP) is 2.31. The van der Waals surface area contributed by atoms with Crippen molar-refractivity contribution in [2.75, 3.05) is 26.2 Å². The van der Waals surface area contributed by atoms with E-state index in [2.05, 4.69) is 15.3 Å². The van der Waals surface area contributed by atoms with Gasteiger partial charge in [-0.25, -0.2) is 14.8 Å². The van der Waals surface area contributed by atoms with E-state index in [-0.39, 0.29) is 25.8 Å².